The number of aliphatic carboxylic acids is 1. The highest BCUT2D eigenvalue weighted by Crippen LogP contribution is 2.48. The molecule has 1 saturated carbocycles. The summed E-state index contributed by atoms with van der Waals surface area (Å²) in [6.07, 6.45) is 4.68. The number of nitrogens with one attached hydrogen (secondary N) is 1. The van der Waals surface area contributed by atoms with E-state index in [1.54, 1.807) is 6.92 Å². The van der Waals surface area contributed by atoms with Gasteiger partial charge in [0, 0.05) is 6.54 Å². The quantitative estimate of drug-likeness (QED) is 0.619. The van der Waals surface area contributed by atoms with Crippen molar-refractivity contribution in [2.24, 2.45) is 23.7 Å². The fourth-order valence-corrected chi connectivity index (χ4v) is 3.04. The number of hydrogen-bond acceptors (Lipinski definition) is 3. The molecule has 18 heavy (non-hydrogen) atoms. The lowest BCUT2D eigenvalue weighted by Crippen LogP contribution is -2.40. The first-order chi connectivity index (χ1) is 8.50. The molecule has 0 radical (unpaired) electrons. The molecule has 0 aromatic carbocycles. The van der Waals surface area contributed by atoms with E-state index in [1.165, 1.54) is 0 Å². The summed E-state index contributed by atoms with van der Waals surface area (Å²) in [5.41, 5.74) is 0. The summed E-state index contributed by atoms with van der Waals surface area (Å²) in [7, 11) is 0. The molecule has 0 saturated heterocycles. The number of aliphatic hydroxyl groups excluding tert-OH is 1. The highest BCUT2D eigenvalue weighted by atomic mass is 16.4. The van der Waals surface area contributed by atoms with Gasteiger partial charge in [-0.05, 0) is 31.6 Å². The minimum atomic E-state index is -0.887. The van der Waals surface area contributed by atoms with Crippen LogP contribution in [0.4, 0.5) is 0 Å². The third-order valence-corrected chi connectivity index (χ3v) is 3.91. The molecule has 1 fully saturated rings. The zero-order chi connectivity index (χ0) is 13.3. The monoisotopic (exact) mass is 253 g/mol. The van der Waals surface area contributed by atoms with E-state index in [1.807, 2.05) is 12.2 Å². The molecule has 3 unspecified atom stereocenters. The van der Waals surface area contributed by atoms with E-state index in [0.29, 0.717) is 13.0 Å². The van der Waals surface area contributed by atoms with E-state index in [0.717, 1.165) is 6.42 Å². The first-order valence-electron chi connectivity index (χ1n) is 6.37. The van der Waals surface area contributed by atoms with Gasteiger partial charge in [0.05, 0.1) is 17.9 Å². The molecule has 0 aromatic heterocycles. The Kier molecular flexibility index (Phi) is 3.71. The van der Waals surface area contributed by atoms with E-state index in [2.05, 4.69) is 5.32 Å². The molecule has 2 aliphatic carbocycles. The van der Waals surface area contributed by atoms with Crippen LogP contribution in [0, 0.1) is 23.7 Å². The summed E-state index contributed by atoms with van der Waals surface area (Å²) in [5.74, 6) is -2.07. The van der Waals surface area contributed by atoms with E-state index in [-0.39, 0.29) is 17.7 Å². The summed E-state index contributed by atoms with van der Waals surface area (Å²) in [6.45, 7) is 2.05. The minimum absolute atomic E-state index is 0.0000143. The molecule has 5 heteroatoms. The first-order valence-corrected chi connectivity index (χ1v) is 6.37. The topological polar surface area (TPSA) is 86.6 Å². The summed E-state index contributed by atoms with van der Waals surface area (Å²) in [5, 5.41) is 21.1. The van der Waals surface area contributed by atoms with Crippen molar-refractivity contribution < 1.29 is 19.8 Å². The molecule has 0 spiro atoms. The highest BCUT2D eigenvalue weighted by molar-refractivity contribution is 5.86. The SMILES string of the molecule is CC(O)CCNC(=O)[C@H]1C2C=CC(C2)[C@H]1C(=O)O. The number of carboxylic acid groups (broad SMARTS) is 1. The molecule has 2 aliphatic rings. The van der Waals surface area contributed by atoms with Crippen LogP contribution < -0.4 is 5.32 Å². The fraction of sp³-hybridized carbons (Fsp3) is 0.692. The molecule has 0 heterocycles. The van der Waals surface area contributed by atoms with Gasteiger partial charge < -0.3 is 15.5 Å². The molecule has 1 amide bonds. The zero-order valence-corrected chi connectivity index (χ0v) is 10.4. The Balaban J connectivity index is 1.96. The maximum absolute atomic E-state index is 12.0. The Hall–Kier alpha value is -1.36. The van der Waals surface area contributed by atoms with E-state index < -0.39 is 23.9 Å². The maximum Gasteiger partial charge on any atom is 0.307 e. The Bertz CT molecular complexity index is 377. The van der Waals surface area contributed by atoms with Gasteiger partial charge in [-0.15, -0.1) is 0 Å². The number of fused-ring (bicyclic) bond motifs is 2. The maximum atomic E-state index is 12.0. The number of carboxylic acids is 1. The molecule has 5 nitrogen and oxygen atoms in total. The smallest absolute Gasteiger partial charge is 0.307 e. The molecule has 2 bridgehead atoms. The van der Waals surface area contributed by atoms with Crippen LogP contribution in [0.1, 0.15) is 19.8 Å². The van der Waals surface area contributed by atoms with Gasteiger partial charge in [-0.3, -0.25) is 9.59 Å². The number of carbonyl (C=O) groups is 2. The lowest BCUT2D eigenvalue weighted by atomic mass is 9.82. The van der Waals surface area contributed by atoms with Crippen LogP contribution in [0.5, 0.6) is 0 Å². The largest absolute Gasteiger partial charge is 0.481 e. The minimum Gasteiger partial charge on any atom is -0.481 e. The van der Waals surface area contributed by atoms with E-state index >= 15 is 0 Å². The third kappa shape index (κ3) is 2.41. The van der Waals surface area contributed by atoms with Gasteiger partial charge in [-0.2, -0.15) is 0 Å². The van der Waals surface area contributed by atoms with Crippen molar-refractivity contribution in [2.45, 2.75) is 25.9 Å². The first kappa shape index (κ1) is 13.1. The molecular formula is C13H19NO4. The average Bonchev–Trinajstić information content (AvgIpc) is 2.87. The number of aliphatic hydroxyl groups is 1. The Morgan fingerprint density at radius 3 is 2.50 bits per heavy atom. The summed E-state index contributed by atoms with van der Waals surface area (Å²) < 4.78 is 0. The van der Waals surface area contributed by atoms with Crippen LogP contribution in [0.3, 0.4) is 0 Å². The molecule has 0 aliphatic heterocycles. The number of rotatable bonds is 5. The summed E-state index contributed by atoms with van der Waals surface area (Å²) in [4.78, 5) is 23.3. The van der Waals surface area contributed by atoms with Gasteiger partial charge in [0.15, 0.2) is 0 Å². The molecule has 2 rings (SSSR count). The second-order valence-corrected chi connectivity index (χ2v) is 5.27. The Morgan fingerprint density at radius 1 is 1.33 bits per heavy atom. The molecule has 3 N–H and O–H groups in total. The second kappa shape index (κ2) is 5.10. The Morgan fingerprint density at radius 2 is 1.94 bits per heavy atom. The number of amides is 1. The van der Waals surface area contributed by atoms with E-state index in [4.69, 9.17) is 5.11 Å². The summed E-state index contributed by atoms with van der Waals surface area (Å²) in [6, 6.07) is 0. The van der Waals surface area contributed by atoms with Crippen LogP contribution in [0.25, 0.3) is 0 Å². The predicted octanol–water partition coefficient (Wildman–Crippen LogP) is 0.396. The van der Waals surface area contributed by atoms with Gasteiger partial charge in [0.1, 0.15) is 0 Å². The number of allylic oxidation sites excluding steroid dienone is 2. The van der Waals surface area contributed by atoms with Gasteiger partial charge in [0.2, 0.25) is 5.91 Å². The second-order valence-electron chi connectivity index (χ2n) is 5.27. The van der Waals surface area contributed by atoms with Gasteiger partial charge in [0.25, 0.3) is 0 Å². The highest BCUT2D eigenvalue weighted by Gasteiger charge is 2.51. The average molecular weight is 253 g/mol. The zero-order valence-electron chi connectivity index (χ0n) is 10.4. The molecule has 5 atom stereocenters. The van der Waals surface area contributed by atoms with Crippen LogP contribution >= 0.6 is 0 Å². The van der Waals surface area contributed by atoms with Crippen LogP contribution in [-0.4, -0.2) is 34.7 Å². The standard InChI is InChI=1S/C13H19NO4/c1-7(15)4-5-14-12(16)10-8-2-3-9(6-8)11(10)13(17)18/h2-3,7-11,15H,4-6H2,1H3,(H,14,16)(H,17,18)/t7?,8?,9?,10-,11+/m0/s1. The van der Waals surface area contributed by atoms with Gasteiger partial charge in [-0.25, -0.2) is 0 Å². The van der Waals surface area contributed by atoms with E-state index in [9.17, 15) is 14.7 Å². The Labute approximate surface area is 106 Å². The van der Waals surface area contributed by atoms with Crippen molar-refractivity contribution in [3.05, 3.63) is 12.2 Å². The summed E-state index contributed by atoms with van der Waals surface area (Å²) >= 11 is 0. The van der Waals surface area contributed by atoms with Crippen molar-refractivity contribution in [1.82, 2.24) is 5.32 Å². The fourth-order valence-electron chi connectivity index (χ4n) is 3.04. The van der Waals surface area contributed by atoms with Crippen molar-refractivity contribution in [3.8, 4) is 0 Å². The number of carbonyl (C=O) groups excluding carboxylic acids is 1. The third-order valence-electron chi connectivity index (χ3n) is 3.91. The molecule has 0 aromatic rings. The normalized spacial score (nSPS) is 34.6. The van der Waals surface area contributed by atoms with Crippen LogP contribution in [0.15, 0.2) is 12.2 Å². The van der Waals surface area contributed by atoms with Crippen LogP contribution in [-0.2, 0) is 9.59 Å². The molecular weight excluding hydrogens is 234 g/mol. The van der Waals surface area contributed by atoms with Crippen molar-refractivity contribution in [2.75, 3.05) is 6.54 Å². The van der Waals surface area contributed by atoms with Crippen molar-refractivity contribution in [3.63, 3.8) is 0 Å². The lowest BCUT2D eigenvalue weighted by molar-refractivity contribution is -0.147. The number of hydrogen-bond donors (Lipinski definition) is 3. The van der Waals surface area contributed by atoms with Gasteiger partial charge in [-0.1, -0.05) is 12.2 Å². The van der Waals surface area contributed by atoms with Gasteiger partial charge >= 0.3 is 5.97 Å². The van der Waals surface area contributed by atoms with Crippen LogP contribution in [0.2, 0.25) is 0 Å². The van der Waals surface area contributed by atoms with Crippen molar-refractivity contribution >= 4 is 11.9 Å². The predicted molar refractivity (Wildman–Crippen MR) is 64.7 cm³/mol. The molecule has 100 valence electrons. The van der Waals surface area contributed by atoms with Crippen molar-refractivity contribution in [1.29, 1.82) is 0 Å². The lowest BCUT2D eigenvalue weighted by Gasteiger charge is -2.23.